The molecule has 0 aliphatic carbocycles. The Hall–Kier alpha value is -2.13. The lowest BCUT2D eigenvalue weighted by Crippen LogP contribution is -2.07. The lowest BCUT2D eigenvalue weighted by Gasteiger charge is -2.14. The molecule has 1 heterocycles. The summed E-state index contributed by atoms with van der Waals surface area (Å²) >= 11 is 0. The summed E-state index contributed by atoms with van der Waals surface area (Å²) in [5, 5.41) is 12.6. The normalized spacial score (nSPS) is 12.7. The van der Waals surface area contributed by atoms with Gasteiger partial charge in [-0.2, -0.15) is 0 Å². The Bertz CT molecular complexity index is 641. The van der Waals surface area contributed by atoms with Crippen LogP contribution in [0.1, 0.15) is 11.7 Å². The van der Waals surface area contributed by atoms with Crippen LogP contribution in [0.15, 0.2) is 61.2 Å². The van der Waals surface area contributed by atoms with Gasteiger partial charge in [0.15, 0.2) is 0 Å². The fraction of sp³-hybridized carbons (Fsp3) is 0.133. The van der Waals surface area contributed by atoms with Gasteiger partial charge in [-0.05, 0) is 16.3 Å². The van der Waals surface area contributed by atoms with E-state index >= 15 is 0 Å². The zero-order valence-electron chi connectivity index (χ0n) is 9.90. The van der Waals surface area contributed by atoms with Gasteiger partial charge < -0.3 is 9.67 Å². The van der Waals surface area contributed by atoms with Crippen LogP contribution in [0.25, 0.3) is 10.8 Å². The van der Waals surface area contributed by atoms with Crippen LogP contribution >= 0.6 is 0 Å². The molecule has 0 aliphatic heterocycles. The van der Waals surface area contributed by atoms with Gasteiger partial charge >= 0.3 is 0 Å². The average Bonchev–Trinajstić information content (AvgIpc) is 2.91. The second kappa shape index (κ2) is 4.63. The predicted molar refractivity (Wildman–Crippen MR) is 71.1 cm³/mol. The van der Waals surface area contributed by atoms with Gasteiger partial charge in [0.2, 0.25) is 0 Å². The number of nitrogens with zero attached hydrogens (tertiary/aromatic N) is 2. The highest BCUT2D eigenvalue weighted by atomic mass is 16.3. The van der Waals surface area contributed by atoms with Crippen molar-refractivity contribution in [1.29, 1.82) is 0 Å². The standard InChI is InChI=1S/C15H14N2O/c18-15(10-17-9-8-16-11-17)14-7-3-5-12-4-1-2-6-13(12)14/h1-9,11,15,18H,10H2/t15-/m0/s1. The SMILES string of the molecule is O[C@@H](Cn1ccnc1)c1cccc2ccccc12. The molecule has 1 aromatic heterocycles. The largest absolute Gasteiger partial charge is 0.387 e. The van der Waals surface area contributed by atoms with E-state index in [1.54, 1.807) is 12.5 Å². The number of imidazole rings is 1. The van der Waals surface area contributed by atoms with Crippen LogP contribution in [0, 0.1) is 0 Å². The van der Waals surface area contributed by atoms with Gasteiger partial charge in [0, 0.05) is 12.4 Å². The van der Waals surface area contributed by atoms with Gasteiger partial charge in [0.05, 0.1) is 19.0 Å². The van der Waals surface area contributed by atoms with Crippen LogP contribution in [0.5, 0.6) is 0 Å². The molecule has 3 aromatic rings. The minimum absolute atomic E-state index is 0.522. The van der Waals surface area contributed by atoms with E-state index < -0.39 is 6.10 Å². The van der Waals surface area contributed by atoms with Crippen molar-refractivity contribution in [2.75, 3.05) is 0 Å². The molecule has 18 heavy (non-hydrogen) atoms. The highest BCUT2D eigenvalue weighted by Gasteiger charge is 2.11. The molecule has 0 spiro atoms. The number of aromatic nitrogens is 2. The van der Waals surface area contributed by atoms with Gasteiger partial charge in [-0.15, -0.1) is 0 Å². The zero-order valence-corrected chi connectivity index (χ0v) is 9.90. The minimum Gasteiger partial charge on any atom is -0.387 e. The van der Waals surface area contributed by atoms with Crippen LogP contribution < -0.4 is 0 Å². The van der Waals surface area contributed by atoms with E-state index in [4.69, 9.17) is 0 Å². The summed E-state index contributed by atoms with van der Waals surface area (Å²) < 4.78 is 1.88. The Labute approximate surface area is 105 Å². The maximum Gasteiger partial charge on any atom is 0.0975 e. The third-order valence-electron chi connectivity index (χ3n) is 3.13. The van der Waals surface area contributed by atoms with Crippen molar-refractivity contribution < 1.29 is 5.11 Å². The fourth-order valence-electron chi connectivity index (χ4n) is 2.23. The molecule has 90 valence electrons. The summed E-state index contributed by atoms with van der Waals surface area (Å²) in [5.41, 5.74) is 0.960. The molecule has 3 heteroatoms. The van der Waals surface area contributed by atoms with Gasteiger partial charge in [-0.1, -0.05) is 42.5 Å². The number of rotatable bonds is 3. The molecule has 0 fully saturated rings. The summed E-state index contributed by atoms with van der Waals surface area (Å²) in [6, 6.07) is 14.1. The minimum atomic E-state index is -0.523. The smallest absolute Gasteiger partial charge is 0.0975 e. The number of hydrogen-bond donors (Lipinski definition) is 1. The van der Waals surface area contributed by atoms with Gasteiger partial charge in [-0.25, -0.2) is 4.98 Å². The first kappa shape index (κ1) is 11.0. The van der Waals surface area contributed by atoms with Crippen molar-refractivity contribution in [3.05, 3.63) is 66.7 Å². The second-order valence-corrected chi connectivity index (χ2v) is 4.34. The molecule has 0 radical (unpaired) electrons. The van der Waals surface area contributed by atoms with Gasteiger partial charge in [0.1, 0.15) is 0 Å². The Morgan fingerprint density at radius 3 is 2.78 bits per heavy atom. The molecule has 0 saturated carbocycles. The molecule has 0 unspecified atom stereocenters. The van der Waals surface area contributed by atoms with Crippen molar-refractivity contribution in [2.24, 2.45) is 0 Å². The molecule has 1 N–H and O–H groups in total. The third kappa shape index (κ3) is 2.00. The van der Waals surface area contributed by atoms with Crippen molar-refractivity contribution in [2.45, 2.75) is 12.6 Å². The van der Waals surface area contributed by atoms with E-state index in [1.165, 1.54) is 0 Å². The van der Waals surface area contributed by atoms with Crippen LogP contribution in [-0.4, -0.2) is 14.7 Å². The highest BCUT2D eigenvalue weighted by molar-refractivity contribution is 5.85. The van der Waals surface area contributed by atoms with E-state index in [0.29, 0.717) is 6.54 Å². The average molecular weight is 238 g/mol. The molecule has 0 aliphatic rings. The summed E-state index contributed by atoms with van der Waals surface area (Å²) in [7, 11) is 0. The second-order valence-electron chi connectivity index (χ2n) is 4.34. The molecule has 0 bridgehead atoms. The van der Waals surface area contributed by atoms with E-state index in [1.807, 2.05) is 41.1 Å². The van der Waals surface area contributed by atoms with E-state index in [0.717, 1.165) is 16.3 Å². The zero-order chi connectivity index (χ0) is 12.4. The van der Waals surface area contributed by atoms with Crippen LogP contribution in [0.4, 0.5) is 0 Å². The van der Waals surface area contributed by atoms with E-state index in [2.05, 4.69) is 17.1 Å². The quantitative estimate of drug-likeness (QED) is 0.762. The van der Waals surface area contributed by atoms with Gasteiger partial charge in [0.25, 0.3) is 0 Å². The summed E-state index contributed by atoms with van der Waals surface area (Å²) in [6.45, 7) is 0.522. The highest BCUT2D eigenvalue weighted by Crippen LogP contribution is 2.25. The molecular weight excluding hydrogens is 224 g/mol. The van der Waals surface area contributed by atoms with Crippen LogP contribution in [0.2, 0.25) is 0 Å². The van der Waals surface area contributed by atoms with Crippen LogP contribution in [0.3, 0.4) is 0 Å². The number of hydrogen-bond acceptors (Lipinski definition) is 2. The maximum absolute atomic E-state index is 10.3. The number of aliphatic hydroxyl groups is 1. The first-order valence-electron chi connectivity index (χ1n) is 5.96. The lowest BCUT2D eigenvalue weighted by atomic mass is 10.0. The Kier molecular flexibility index (Phi) is 2.82. The number of fused-ring (bicyclic) bond motifs is 1. The van der Waals surface area contributed by atoms with Crippen LogP contribution in [-0.2, 0) is 6.54 Å². The fourth-order valence-corrected chi connectivity index (χ4v) is 2.23. The summed E-state index contributed by atoms with van der Waals surface area (Å²) in [5.74, 6) is 0. The number of benzene rings is 2. The van der Waals surface area contributed by atoms with Crippen molar-refractivity contribution >= 4 is 10.8 Å². The Morgan fingerprint density at radius 1 is 1.11 bits per heavy atom. The third-order valence-corrected chi connectivity index (χ3v) is 3.13. The van der Waals surface area contributed by atoms with E-state index in [-0.39, 0.29) is 0 Å². The molecule has 2 aromatic carbocycles. The molecule has 0 amide bonds. The van der Waals surface area contributed by atoms with Crippen molar-refractivity contribution in [3.8, 4) is 0 Å². The molecular formula is C15H14N2O. The van der Waals surface area contributed by atoms with Crippen molar-refractivity contribution in [3.63, 3.8) is 0 Å². The first-order chi connectivity index (χ1) is 8.84. The van der Waals surface area contributed by atoms with E-state index in [9.17, 15) is 5.11 Å². The Morgan fingerprint density at radius 2 is 1.94 bits per heavy atom. The molecule has 3 nitrogen and oxygen atoms in total. The molecule has 1 atom stereocenters. The van der Waals surface area contributed by atoms with Crippen molar-refractivity contribution in [1.82, 2.24) is 9.55 Å². The maximum atomic E-state index is 10.3. The Balaban J connectivity index is 1.98. The van der Waals surface area contributed by atoms with Gasteiger partial charge in [-0.3, -0.25) is 0 Å². The molecule has 0 saturated heterocycles. The predicted octanol–water partition coefficient (Wildman–Crippen LogP) is 2.77. The topological polar surface area (TPSA) is 38.0 Å². The number of aliphatic hydroxyl groups excluding tert-OH is 1. The monoisotopic (exact) mass is 238 g/mol. The molecule has 3 rings (SSSR count). The summed E-state index contributed by atoms with van der Waals surface area (Å²) in [4.78, 5) is 3.98. The lowest BCUT2D eigenvalue weighted by molar-refractivity contribution is 0.158. The first-order valence-corrected chi connectivity index (χ1v) is 5.96. The summed E-state index contributed by atoms with van der Waals surface area (Å²) in [6.07, 6.45) is 4.77.